The van der Waals surface area contributed by atoms with Gasteiger partial charge < -0.3 is 20.0 Å². The number of carboxylic acids is 1. The maximum Gasteiger partial charge on any atom is 0.303 e. The molecule has 156 valence electrons. The summed E-state index contributed by atoms with van der Waals surface area (Å²) < 4.78 is 0. The maximum atomic E-state index is 12.6. The second-order valence-electron chi connectivity index (χ2n) is 8.76. The van der Waals surface area contributed by atoms with Crippen molar-refractivity contribution in [2.24, 2.45) is 5.41 Å². The Morgan fingerprint density at radius 1 is 1.24 bits per heavy atom. The van der Waals surface area contributed by atoms with Gasteiger partial charge in [0.05, 0.1) is 24.2 Å². The Balaban J connectivity index is 1.66. The van der Waals surface area contributed by atoms with Crippen molar-refractivity contribution in [3.8, 4) is 0 Å². The number of β-amino-alcohol motifs (C(OH)–C–C–N with tert-alkyl or cyclic N) is 1. The predicted molar refractivity (Wildman–Crippen MR) is 110 cm³/mol. The van der Waals surface area contributed by atoms with Crippen molar-refractivity contribution in [3.05, 3.63) is 30.6 Å². The summed E-state index contributed by atoms with van der Waals surface area (Å²) in [6.45, 7) is 4.76. The third-order valence-corrected chi connectivity index (χ3v) is 5.36. The quantitative estimate of drug-likeness (QED) is 0.731. The van der Waals surface area contributed by atoms with Crippen molar-refractivity contribution in [1.29, 1.82) is 0 Å². The molecule has 8 heteroatoms. The van der Waals surface area contributed by atoms with E-state index < -0.39 is 17.0 Å². The topological polar surface area (TPSA) is 107 Å². The molecule has 8 nitrogen and oxygen atoms in total. The summed E-state index contributed by atoms with van der Waals surface area (Å²) in [6, 6.07) is 5.63. The molecule has 3 heterocycles. The summed E-state index contributed by atoms with van der Waals surface area (Å²) in [5.74, 6) is -1.09. The number of likely N-dealkylation sites (N-methyl/N-ethyl adjacent to an activating group) is 1. The Labute approximate surface area is 170 Å². The van der Waals surface area contributed by atoms with Crippen LogP contribution in [-0.4, -0.2) is 69.2 Å². The Morgan fingerprint density at radius 3 is 2.72 bits per heavy atom. The second kappa shape index (κ2) is 7.94. The molecule has 2 aromatic rings. The molecule has 1 atom stereocenters. The molecule has 0 saturated carbocycles. The van der Waals surface area contributed by atoms with E-state index in [1.165, 1.54) is 4.90 Å². The van der Waals surface area contributed by atoms with Crippen LogP contribution in [0.5, 0.6) is 0 Å². The fourth-order valence-corrected chi connectivity index (χ4v) is 3.96. The summed E-state index contributed by atoms with van der Waals surface area (Å²) in [5.41, 5.74) is 0.838. The van der Waals surface area contributed by atoms with Gasteiger partial charge >= 0.3 is 5.97 Å². The molecule has 1 fully saturated rings. The number of aliphatic carboxylic acids is 1. The standard InChI is InChI=1S/C21H28N4O4/c1-20(2,12-18(27)28)11-17(26)24(3)13-21(29)7-10-25(14-21)16-6-9-22-15-5-4-8-23-19(15)16/h4-6,8-9,29H,7,10-14H2,1-3H3,(H,27,28). The maximum absolute atomic E-state index is 12.6. The molecule has 1 unspecified atom stereocenters. The molecule has 1 aliphatic rings. The largest absolute Gasteiger partial charge is 0.481 e. The number of amides is 1. The van der Waals surface area contributed by atoms with Crippen LogP contribution in [0, 0.1) is 5.41 Å². The minimum Gasteiger partial charge on any atom is -0.481 e. The van der Waals surface area contributed by atoms with Crippen molar-refractivity contribution >= 4 is 28.6 Å². The minimum absolute atomic E-state index is 0.0766. The van der Waals surface area contributed by atoms with Crippen LogP contribution >= 0.6 is 0 Å². The highest BCUT2D eigenvalue weighted by molar-refractivity contribution is 5.87. The van der Waals surface area contributed by atoms with Gasteiger partial charge in [-0.2, -0.15) is 0 Å². The summed E-state index contributed by atoms with van der Waals surface area (Å²) in [5, 5.41) is 20.1. The van der Waals surface area contributed by atoms with Crippen LogP contribution in [0.4, 0.5) is 5.69 Å². The summed E-state index contributed by atoms with van der Waals surface area (Å²) in [7, 11) is 1.66. The number of nitrogens with zero attached hydrogens (tertiary/aromatic N) is 4. The first-order chi connectivity index (χ1) is 13.6. The zero-order valence-electron chi connectivity index (χ0n) is 17.1. The number of carbonyl (C=O) groups excluding carboxylic acids is 1. The van der Waals surface area contributed by atoms with Gasteiger partial charge in [-0.25, -0.2) is 0 Å². The fourth-order valence-electron chi connectivity index (χ4n) is 3.96. The van der Waals surface area contributed by atoms with Crippen LogP contribution in [0.2, 0.25) is 0 Å². The highest BCUT2D eigenvalue weighted by Gasteiger charge is 2.39. The smallest absolute Gasteiger partial charge is 0.303 e. The molecule has 0 aliphatic carbocycles. The first kappa shape index (κ1) is 21.0. The Morgan fingerprint density at radius 2 is 2.00 bits per heavy atom. The molecule has 1 aliphatic heterocycles. The Kier molecular flexibility index (Phi) is 5.75. The first-order valence-electron chi connectivity index (χ1n) is 9.71. The lowest BCUT2D eigenvalue weighted by atomic mass is 9.85. The summed E-state index contributed by atoms with van der Waals surface area (Å²) >= 11 is 0. The number of fused-ring (bicyclic) bond motifs is 1. The molecule has 2 aromatic heterocycles. The molecular formula is C21H28N4O4. The zero-order valence-corrected chi connectivity index (χ0v) is 17.1. The zero-order chi connectivity index (χ0) is 21.2. The number of aliphatic hydroxyl groups is 1. The molecule has 0 aromatic carbocycles. The normalized spacial score (nSPS) is 19.5. The number of hydrogen-bond acceptors (Lipinski definition) is 6. The number of pyridine rings is 2. The molecule has 2 N–H and O–H groups in total. The van der Waals surface area contributed by atoms with E-state index in [4.69, 9.17) is 5.11 Å². The fraction of sp³-hybridized carbons (Fsp3) is 0.524. The van der Waals surface area contributed by atoms with Gasteiger partial charge in [-0.1, -0.05) is 13.8 Å². The van der Waals surface area contributed by atoms with Crippen molar-refractivity contribution in [1.82, 2.24) is 14.9 Å². The number of rotatable bonds is 7. The van der Waals surface area contributed by atoms with E-state index in [1.807, 2.05) is 18.2 Å². The molecule has 1 amide bonds. The molecule has 3 rings (SSSR count). The number of anilines is 1. The SMILES string of the molecule is CN(CC1(O)CCN(c2ccnc3cccnc23)C1)C(=O)CC(C)(C)CC(=O)O. The highest BCUT2D eigenvalue weighted by atomic mass is 16.4. The van der Waals surface area contributed by atoms with Crippen LogP contribution in [0.1, 0.15) is 33.1 Å². The van der Waals surface area contributed by atoms with Gasteiger partial charge in [0.25, 0.3) is 0 Å². The summed E-state index contributed by atoms with van der Waals surface area (Å²) in [4.78, 5) is 35.9. The van der Waals surface area contributed by atoms with E-state index in [9.17, 15) is 14.7 Å². The van der Waals surface area contributed by atoms with Gasteiger partial charge in [0, 0.05) is 39.0 Å². The Bertz CT molecular complexity index is 911. The number of carboxylic acid groups (broad SMARTS) is 1. The lowest BCUT2D eigenvalue weighted by molar-refractivity contribution is -0.141. The van der Waals surface area contributed by atoms with Gasteiger partial charge in [-0.3, -0.25) is 19.6 Å². The van der Waals surface area contributed by atoms with E-state index >= 15 is 0 Å². The van der Waals surface area contributed by atoms with Crippen LogP contribution in [0.15, 0.2) is 30.6 Å². The Hall–Kier alpha value is -2.74. The van der Waals surface area contributed by atoms with Crippen molar-refractivity contribution < 1.29 is 19.8 Å². The molecule has 0 radical (unpaired) electrons. The third-order valence-electron chi connectivity index (χ3n) is 5.36. The van der Waals surface area contributed by atoms with Gasteiger partial charge in [0.1, 0.15) is 11.1 Å². The molecular weight excluding hydrogens is 372 g/mol. The van der Waals surface area contributed by atoms with Crippen molar-refractivity contribution in [3.63, 3.8) is 0 Å². The minimum atomic E-state index is -1.04. The van der Waals surface area contributed by atoms with E-state index in [1.54, 1.807) is 33.3 Å². The monoisotopic (exact) mass is 400 g/mol. The van der Waals surface area contributed by atoms with Crippen molar-refractivity contribution in [2.45, 2.75) is 38.7 Å². The number of hydrogen-bond donors (Lipinski definition) is 2. The van der Waals surface area contributed by atoms with Crippen LogP contribution in [0.3, 0.4) is 0 Å². The third kappa shape index (κ3) is 5.00. The number of aromatic nitrogens is 2. The van der Waals surface area contributed by atoms with Crippen LogP contribution in [-0.2, 0) is 9.59 Å². The molecule has 29 heavy (non-hydrogen) atoms. The van der Waals surface area contributed by atoms with E-state index in [0.29, 0.717) is 19.5 Å². The highest BCUT2D eigenvalue weighted by Crippen LogP contribution is 2.32. The molecule has 0 bridgehead atoms. The van der Waals surface area contributed by atoms with Gasteiger partial charge in [-0.05, 0) is 30.0 Å². The lowest BCUT2D eigenvalue weighted by Gasteiger charge is -2.31. The number of carbonyl (C=O) groups is 2. The average Bonchev–Trinajstić information content (AvgIpc) is 3.01. The van der Waals surface area contributed by atoms with Gasteiger partial charge in [0.15, 0.2) is 0 Å². The van der Waals surface area contributed by atoms with E-state index in [2.05, 4.69) is 14.9 Å². The average molecular weight is 400 g/mol. The summed E-state index contributed by atoms with van der Waals surface area (Å²) in [6.07, 6.45) is 4.03. The predicted octanol–water partition coefficient (Wildman–Crippen LogP) is 1.92. The molecule has 1 saturated heterocycles. The first-order valence-corrected chi connectivity index (χ1v) is 9.71. The van der Waals surface area contributed by atoms with Crippen LogP contribution in [0.25, 0.3) is 11.0 Å². The van der Waals surface area contributed by atoms with E-state index in [-0.39, 0.29) is 25.3 Å². The second-order valence-corrected chi connectivity index (χ2v) is 8.76. The van der Waals surface area contributed by atoms with E-state index in [0.717, 1.165) is 16.7 Å². The van der Waals surface area contributed by atoms with Gasteiger partial charge in [0.2, 0.25) is 5.91 Å². The van der Waals surface area contributed by atoms with Gasteiger partial charge in [-0.15, -0.1) is 0 Å². The molecule has 0 spiro atoms. The van der Waals surface area contributed by atoms with Crippen LogP contribution < -0.4 is 4.90 Å². The van der Waals surface area contributed by atoms with Crippen molar-refractivity contribution in [2.75, 3.05) is 31.6 Å². The lowest BCUT2D eigenvalue weighted by Crippen LogP contribution is -2.46.